The molecule has 0 unspecified atom stereocenters. The summed E-state index contributed by atoms with van der Waals surface area (Å²) >= 11 is 0. The first kappa shape index (κ1) is 30.7. The lowest BCUT2D eigenvalue weighted by atomic mass is 9.99. The average molecular weight is 700 g/mol. The summed E-state index contributed by atoms with van der Waals surface area (Å²) < 4.78 is 6.93. The van der Waals surface area contributed by atoms with E-state index in [2.05, 4.69) is 164 Å². The van der Waals surface area contributed by atoms with Crippen LogP contribution in [0.1, 0.15) is 5.56 Å². The lowest BCUT2D eigenvalue weighted by Gasteiger charge is -2.19. The standard InChI is InChI=1S/C50H29N5/c1-52-41-23-13-28-46-48(41)40-20-5-9-27-45(40)53(46)34-16-10-14-32(30-34)35-21-11-15-33(31-51)49(35)55-44-26-8-4-19-38(44)39-22-12-29-47(50(39)55)54-42-24-6-2-17-36(42)37-18-3-7-25-43(37)54/h2-30H. The highest BCUT2D eigenvalue weighted by Gasteiger charge is 2.23. The third-order valence-electron chi connectivity index (χ3n) is 11.1. The third kappa shape index (κ3) is 4.33. The van der Waals surface area contributed by atoms with Gasteiger partial charge in [0.1, 0.15) is 6.07 Å². The van der Waals surface area contributed by atoms with Crippen LogP contribution in [0.3, 0.4) is 0 Å². The minimum atomic E-state index is 0.584. The Morgan fingerprint density at radius 3 is 1.71 bits per heavy atom. The van der Waals surface area contributed by atoms with Crippen molar-refractivity contribution in [2.45, 2.75) is 0 Å². The van der Waals surface area contributed by atoms with Crippen molar-refractivity contribution in [3.05, 3.63) is 193 Å². The molecule has 0 N–H and O–H groups in total. The van der Waals surface area contributed by atoms with Crippen molar-refractivity contribution in [2.75, 3.05) is 0 Å². The van der Waals surface area contributed by atoms with E-state index in [1.165, 1.54) is 10.8 Å². The van der Waals surface area contributed by atoms with Crippen molar-refractivity contribution in [1.82, 2.24) is 13.7 Å². The maximum absolute atomic E-state index is 10.9. The minimum absolute atomic E-state index is 0.584. The van der Waals surface area contributed by atoms with Gasteiger partial charge in [0, 0.05) is 43.7 Å². The molecule has 254 valence electrons. The quantitative estimate of drug-likeness (QED) is 0.169. The zero-order chi connectivity index (χ0) is 36.6. The molecule has 3 aromatic heterocycles. The summed E-state index contributed by atoms with van der Waals surface area (Å²) in [5.41, 5.74) is 12.3. The van der Waals surface area contributed by atoms with E-state index in [0.29, 0.717) is 11.3 Å². The first-order valence-electron chi connectivity index (χ1n) is 18.3. The average Bonchev–Trinajstić information content (AvgIpc) is 3.89. The number of fused-ring (bicyclic) bond motifs is 9. The molecule has 0 bridgehead atoms. The Morgan fingerprint density at radius 1 is 0.473 bits per heavy atom. The first-order chi connectivity index (χ1) is 27.2. The van der Waals surface area contributed by atoms with Crippen LogP contribution in [-0.4, -0.2) is 13.7 Å². The molecular weight excluding hydrogens is 671 g/mol. The minimum Gasteiger partial charge on any atom is -0.311 e. The Kier molecular flexibility index (Phi) is 6.61. The second-order valence-electron chi connectivity index (χ2n) is 13.9. The van der Waals surface area contributed by atoms with Crippen molar-refractivity contribution in [2.24, 2.45) is 0 Å². The molecule has 0 saturated carbocycles. The van der Waals surface area contributed by atoms with E-state index in [1.807, 2.05) is 36.4 Å². The van der Waals surface area contributed by atoms with Crippen LogP contribution in [0, 0.1) is 17.9 Å². The molecule has 0 aliphatic rings. The molecule has 0 saturated heterocycles. The summed E-state index contributed by atoms with van der Waals surface area (Å²) in [5, 5.41) is 17.5. The molecular formula is C50H29N5. The lowest BCUT2D eigenvalue weighted by molar-refractivity contribution is 1.12. The molecule has 0 spiro atoms. The summed E-state index contributed by atoms with van der Waals surface area (Å²) in [5.74, 6) is 0. The van der Waals surface area contributed by atoms with Gasteiger partial charge < -0.3 is 13.7 Å². The van der Waals surface area contributed by atoms with Crippen LogP contribution in [-0.2, 0) is 0 Å². The summed E-state index contributed by atoms with van der Waals surface area (Å²) in [6, 6.07) is 63.6. The second kappa shape index (κ2) is 11.8. The Hall–Kier alpha value is -7.86. The number of hydrogen-bond donors (Lipinski definition) is 0. The fraction of sp³-hybridized carbons (Fsp3) is 0. The van der Waals surface area contributed by atoms with Crippen molar-refractivity contribution >= 4 is 71.1 Å². The number of nitrogens with zero attached hydrogens (tertiary/aromatic N) is 5. The maximum atomic E-state index is 10.9. The van der Waals surface area contributed by atoms with Gasteiger partial charge in [0.25, 0.3) is 0 Å². The smallest absolute Gasteiger partial charge is 0.197 e. The largest absolute Gasteiger partial charge is 0.311 e. The molecule has 5 nitrogen and oxygen atoms in total. The van der Waals surface area contributed by atoms with Crippen LogP contribution in [0.5, 0.6) is 0 Å². The van der Waals surface area contributed by atoms with Crippen molar-refractivity contribution in [3.63, 3.8) is 0 Å². The SMILES string of the molecule is [C-]#[N+]c1cccc2c1c1ccccc1n2-c1cccc(-c2cccc(C#N)c2-n2c3ccccc3c3cccc(-n4c5ccccc5c5ccccc54)c32)c1. The molecule has 8 aromatic carbocycles. The predicted molar refractivity (Wildman–Crippen MR) is 226 cm³/mol. The van der Waals surface area contributed by atoms with E-state index in [-0.39, 0.29) is 0 Å². The van der Waals surface area contributed by atoms with Crippen LogP contribution in [0.2, 0.25) is 0 Å². The van der Waals surface area contributed by atoms with Gasteiger partial charge in [-0.1, -0.05) is 121 Å². The fourth-order valence-electron chi connectivity index (χ4n) is 8.89. The van der Waals surface area contributed by atoms with Gasteiger partial charge in [-0.05, 0) is 65.5 Å². The van der Waals surface area contributed by atoms with Crippen molar-refractivity contribution in [3.8, 4) is 34.3 Å². The monoisotopic (exact) mass is 699 g/mol. The van der Waals surface area contributed by atoms with E-state index in [9.17, 15) is 5.26 Å². The van der Waals surface area contributed by atoms with Crippen LogP contribution in [0.4, 0.5) is 5.69 Å². The zero-order valence-electron chi connectivity index (χ0n) is 29.5. The molecule has 11 rings (SSSR count). The number of rotatable bonds is 4. The van der Waals surface area contributed by atoms with Crippen LogP contribution < -0.4 is 0 Å². The van der Waals surface area contributed by atoms with Crippen molar-refractivity contribution in [1.29, 1.82) is 5.26 Å². The maximum Gasteiger partial charge on any atom is 0.197 e. The van der Waals surface area contributed by atoms with Gasteiger partial charge in [-0.25, -0.2) is 4.85 Å². The summed E-state index contributed by atoms with van der Waals surface area (Å²) in [6.45, 7) is 7.93. The highest BCUT2D eigenvalue weighted by atomic mass is 15.1. The lowest BCUT2D eigenvalue weighted by Crippen LogP contribution is -2.04. The molecule has 0 amide bonds. The summed E-state index contributed by atoms with van der Waals surface area (Å²) in [4.78, 5) is 3.89. The van der Waals surface area contributed by atoms with Gasteiger partial charge >= 0.3 is 0 Å². The fourth-order valence-corrected chi connectivity index (χ4v) is 8.89. The second-order valence-corrected chi connectivity index (χ2v) is 13.9. The molecule has 5 heteroatoms. The topological polar surface area (TPSA) is 42.9 Å². The van der Waals surface area contributed by atoms with E-state index < -0.39 is 0 Å². The number of nitriles is 1. The molecule has 0 aliphatic carbocycles. The van der Waals surface area contributed by atoms with Crippen LogP contribution in [0.25, 0.3) is 98.5 Å². The van der Waals surface area contributed by atoms with Gasteiger partial charge in [-0.15, -0.1) is 0 Å². The highest BCUT2D eigenvalue weighted by molar-refractivity contribution is 6.17. The van der Waals surface area contributed by atoms with Gasteiger partial charge in [0.2, 0.25) is 0 Å². The predicted octanol–water partition coefficient (Wildman–Crippen LogP) is 13.1. The van der Waals surface area contributed by atoms with Crippen LogP contribution >= 0.6 is 0 Å². The van der Waals surface area contributed by atoms with Gasteiger partial charge in [0.15, 0.2) is 5.69 Å². The first-order valence-corrected chi connectivity index (χ1v) is 18.3. The van der Waals surface area contributed by atoms with E-state index in [4.69, 9.17) is 6.57 Å². The third-order valence-corrected chi connectivity index (χ3v) is 11.1. The number of benzene rings is 8. The number of aromatic nitrogens is 3. The summed E-state index contributed by atoms with van der Waals surface area (Å²) in [6.07, 6.45) is 0. The Bertz CT molecular complexity index is 3420. The Balaban J connectivity index is 1.23. The number of hydrogen-bond acceptors (Lipinski definition) is 1. The van der Waals surface area contributed by atoms with Gasteiger partial charge in [-0.2, -0.15) is 5.26 Å². The van der Waals surface area contributed by atoms with Gasteiger partial charge in [-0.3, -0.25) is 0 Å². The zero-order valence-corrected chi connectivity index (χ0v) is 29.5. The van der Waals surface area contributed by atoms with Crippen LogP contribution in [0.15, 0.2) is 176 Å². The molecule has 0 radical (unpaired) electrons. The Labute approximate surface area is 316 Å². The highest BCUT2D eigenvalue weighted by Crippen LogP contribution is 2.43. The molecule has 11 aromatic rings. The van der Waals surface area contributed by atoms with E-state index >= 15 is 0 Å². The van der Waals surface area contributed by atoms with E-state index in [1.54, 1.807) is 0 Å². The van der Waals surface area contributed by atoms with Gasteiger partial charge in [0.05, 0.1) is 51.1 Å². The summed E-state index contributed by atoms with van der Waals surface area (Å²) in [7, 11) is 0. The van der Waals surface area contributed by atoms with E-state index in [0.717, 1.165) is 82.8 Å². The molecule has 0 aliphatic heterocycles. The Morgan fingerprint density at radius 2 is 1.02 bits per heavy atom. The molecule has 0 atom stereocenters. The molecule has 3 heterocycles. The molecule has 55 heavy (non-hydrogen) atoms. The van der Waals surface area contributed by atoms with Crippen molar-refractivity contribution < 1.29 is 0 Å². The number of para-hydroxylation sites is 6. The normalized spacial score (nSPS) is 11.6. The molecule has 0 fully saturated rings.